The number of rotatable bonds is 3. The van der Waals surface area contributed by atoms with E-state index in [0.717, 1.165) is 6.07 Å². The Morgan fingerprint density at radius 2 is 2.31 bits per heavy atom. The number of carbonyl (C=O) groups is 1. The van der Waals surface area contributed by atoms with Gasteiger partial charge < -0.3 is 5.32 Å². The van der Waals surface area contributed by atoms with Gasteiger partial charge in [-0.25, -0.2) is 4.39 Å². The van der Waals surface area contributed by atoms with Gasteiger partial charge in [-0.1, -0.05) is 11.6 Å². The highest BCUT2D eigenvalue weighted by molar-refractivity contribution is 6.34. The van der Waals surface area contributed by atoms with E-state index in [4.69, 9.17) is 11.6 Å². The number of hydrogen-bond donors (Lipinski definition) is 1. The minimum Gasteiger partial charge on any atom is -0.313 e. The van der Waals surface area contributed by atoms with Gasteiger partial charge in [0.2, 0.25) is 0 Å². The van der Waals surface area contributed by atoms with Crippen LogP contribution in [0.25, 0.3) is 0 Å². The van der Waals surface area contributed by atoms with Crippen LogP contribution in [-0.2, 0) is 0 Å². The van der Waals surface area contributed by atoms with E-state index < -0.39 is 5.82 Å². The molecule has 4 heteroatoms. The SMILES string of the molecule is CNCC(=O)c1cc(F)ccc1Cl. The van der Waals surface area contributed by atoms with Gasteiger partial charge in [-0.15, -0.1) is 0 Å². The van der Waals surface area contributed by atoms with Crippen LogP contribution in [0, 0.1) is 5.82 Å². The van der Waals surface area contributed by atoms with E-state index in [9.17, 15) is 9.18 Å². The van der Waals surface area contributed by atoms with Gasteiger partial charge in [0.05, 0.1) is 11.6 Å². The molecule has 0 amide bonds. The molecule has 13 heavy (non-hydrogen) atoms. The first kappa shape index (κ1) is 10.2. The van der Waals surface area contributed by atoms with Crippen LogP contribution in [-0.4, -0.2) is 19.4 Å². The maximum absolute atomic E-state index is 12.7. The van der Waals surface area contributed by atoms with Crippen molar-refractivity contribution in [3.63, 3.8) is 0 Å². The minimum absolute atomic E-state index is 0.156. The third kappa shape index (κ3) is 2.50. The molecule has 0 bridgehead atoms. The summed E-state index contributed by atoms with van der Waals surface area (Å²) in [4.78, 5) is 11.3. The Kier molecular flexibility index (Phi) is 3.39. The van der Waals surface area contributed by atoms with Crippen molar-refractivity contribution < 1.29 is 9.18 Å². The number of halogens is 2. The van der Waals surface area contributed by atoms with E-state index in [1.807, 2.05) is 0 Å². The Morgan fingerprint density at radius 3 is 2.92 bits per heavy atom. The van der Waals surface area contributed by atoms with Gasteiger partial charge in [-0.3, -0.25) is 4.79 Å². The number of likely N-dealkylation sites (N-methyl/N-ethyl adjacent to an activating group) is 1. The molecular weight excluding hydrogens is 193 g/mol. The number of ketones is 1. The highest BCUT2D eigenvalue weighted by Crippen LogP contribution is 2.17. The topological polar surface area (TPSA) is 29.1 Å². The molecule has 1 aromatic carbocycles. The first-order chi connectivity index (χ1) is 6.15. The van der Waals surface area contributed by atoms with E-state index in [-0.39, 0.29) is 22.9 Å². The van der Waals surface area contributed by atoms with Crippen molar-refractivity contribution >= 4 is 17.4 Å². The zero-order valence-corrected chi connectivity index (χ0v) is 7.86. The molecule has 0 aliphatic heterocycles. The normalized spacial score (nSPS) is 10.1. The van der Waals surface area contributed by atoms with Gasteiger partial charge in [-0.05, 0) is 25.2 Å². The fraction of sp³-hybridized carbons (Fsp3) is 0.222. The predicted molar refractivity (Wildman–Crippen MR) is 49.7 cm³/mol. The van der Waals surface area contributed by atoms with E-state index in [1.54, 1.807) is 7.05 Å². The maximum atomic E-state index is 12.7. The summed E-state index contributed by atoms with van der Waals surface area (Å²) in [5.74, 6) is -0.671. The number of hydrogen-bond acceptors (Lipinski definition) is 2. The number of benzene rings is 1. The van der Waals surface area contributed by atoms with Crippen molar-refractivity contribution in [2.75, 3.05) is 13.6 Å². The minimum atomic E-state index is -0.455. The van der Waals surface area contributed by atoms with Crippen molar-refractivity contribution in [1.82, 2.24) is 5.32 Å². The van der Waals surface area contributed by atoms with Crippen LogP contribution in [0.2, 0.25) is 5.02 Å². The maximum Gasteiger partial charge on any atom is 0.178 e. The summed E-state index contributed by atoms with van der Waals surface area (Å²) < 4.78 is 12.7. The Labute approximate surface area is 80.7 Å². The first-order valence-corrected chi connectivity index (χ1v) is 4.16. The average Bonchev–Trinajstić information content (AvgIpc) is 2.09. The molecule has 0 unspecified atom stereocenters. The van der Waals surface area contributed by atoms with E-state index in [2.05, 4.69) is 5.32 Å². The Hall–Kier alpha value is -0.930. The van der Waals surface area contributed by atoms with Gasteiger partial charge in [0.15, 0.2) is 5.78 Å². The third-order valence-corrected chi connectivity index (χ3v) is 1.90. The van der Waals surface area contributed by atoms with Crippen LogP contribution in [0.3, 0.4) is 0 Å². The molecule has 2 nitrogen and oxygen atoms in total. The molecule has 0 radical (unpaired) electrons. The third-order valence-electron chi connectivity index (χ3n) is 1.57. The van der Waals surface area contributed by atoms with Crippen LogP contribution in [0.5, 0.6) is 0 Å². The lowest BCUT2D eigenvalue weighted by Crippen LogP contribution is -2.18. The molecule has 0 saturated carbocycles. The second-order valence-electron chi connectivity index (χ2n) is 2.58. The second-order valence-corrected chi connectivity index (χ2v) is 2.98. The van der Waals surface area contributed by atoms with Crippen LogP contribution in [0.1, 0.15) is 10.4 Å². The lowest BCUT2D eigenvalue weighted by molar-refractivity contribution is 0.0993. The summed E-state index contributed by atoms with van der Waals surface area (Å²) in [6.07, 6.45) is 0. The quantitative estimate of drug-likeness (QED) is 0.757. The molecule has 0 aromatic heterocycles. The summed E-state index contributed by atoms with van der Waals surface area (Å²) in [6, 6.07) is 3.74. The molecule has 1 N–H and O–H groups in total. The standard InChI is InChI=1S/C9H9ClFNO/c1-12-5-9(13)7-4-6(11)2-3-8(7)10/h2-4,12H,5H2,1H3. The zero-order chi connectivity index (χ0) is 9.84. The lowest BCUT2D eigenvalue weighted by Gasteiger charge is -2.02. The molecule has 0 aliphatic rings. The second kappa shape index (κ2) is 4.35. The van der Waals surface area contributed by atoms with Gasteiger partial charge in [0, 0.05) is 5.56 Å². The van der Waals surface area contributed by atoms with E-state index in [1.165, 1.54) is 12.1 Å². The Morgan fingerprint density at radius 1 is 1.62 bits per heavy atom. The van der Waals surface area contributed by atoms with Crippen molar-refractivity contribution in [2.24, 2.45) is 0 Å². The highest BCUT2D eigenvalue weighted by Gasteiger charge is 2.09. The molecule has 0 saturated heterocycles. The summed E-state index contributed by atoms with van der Waals surface area (Å²) in [7, 11) is 1.64. The average molecular weight is 202 g/mol. The van der Waals surface area contributed by atoms with Crippen LogP contribution >= 0.6 is 11.6 Å². The summed E-state index contributed by atoms with van der Waals surface area (Å²) in [5.41, 5.74) is 0.219. The Bertz CT molecular complexity index is 327. The molecule has 0 aliphatic carbocycles. The highest BCUT2D eigenvalue weighted by atomic mass is 35.5. The van der Waals surface area contributed by atoms with E-state index >= 15 is 0 Å². The molecule has 0 atom stereocenters. The van der Waals surface area contributed by atoms with Crippen molar-refractivity contribution in [3.8, 4) is 0 Å². The van der Waals surface area contributed by atoms with Crippen molar-refractivity contribution in [2.45, 2.75) is 0 Å². The Balaban J connectivity index is 2.99. The van der Waals surface area contributed by atoms with Crippen molar-refractivity contribution in [1.29, 1.82) is 0 Å². The molecule has 0 spiro atoms. The smallest absolute Gasteiger partial charge is 0.178 e. The summed E-state index contributed by atoms with van der Waals surface area (Å²) in [6.45, 7) is 0.156. The molecule has 0 heterocycles. The number of Topliss-reactive ketones (excluding diaryl/α,β-unsaturated/α-hetero) is 1. The fourth-order valence-corrected chi connectivity index (χ4v) is 1.19. The fourth-order valence-electron chi connectivity index (χ4n) is 0.967. The molecule has 70 valence electrons. The van der Waals surface area contributed by atoms with Gasteiger partial charge in [0.25, 0.3) is 0 Å². The van der Waals surface area contributed by atoms with Gasteiger partial charge >= 0.3 is 0 Å². The number of carbonyl (C=O) groups excluding carboxylic acids is 1. The first-order valence-electron chi connectivity index (χ1n) is 3.78. The lowest BCUT2D eigenvalue weighted by atomic mass is 10.1. The number of nitrogens with one attached hydrogen (secondary N) is 1. The molecule has 1 rings (SSSR count). The monoisotopic (exact) mass is 201 g/mol. The predicted octanol–water partition coefficient (Wildman–Crippen LogP) is 1.88. The van der Waals surface area contributed by atoms with Crippen LogP contribution in [0.15, 0.2) is 18.2 Å². The summed E-state index contributed by atoms with van der Waals surface area (Å²) in [5, 5.41) is 2.96. The molecule has 0 fully saturated rings. The van der Waals surface area contributed by atoms with E-state index in [0.29, 0.717) is 0 Å². The van der Waals surface area contributed by atoms with Gasteiger partial charge in [0.1, 0.15) is 5.82 Å². The van der Waals surface area contributed by atoms with Crippen LogP contribution < -0.4 is 5.32 Å². The largest absolute Gasteiger partial charge is 0.313 e. The molecule has 1 aromatic rings. The zero-order valence-electron chi connectivity index (χ0n) is 7.10. The molecular formula is C9H9ClFNO. The van der Waals surface area contributed by atoms with Gasteiger partial charge in [-0.2, -0.15) is 0 Å². The van der Waals surface area contributed by atoms with Crippen molar-refractivity contribution in [3.05, 3.63) is 34.6 Å². The summed E-state index contributed by atoms with van der Waals surface area (Å²) >= 11 is 5.71. The van der Waals surface area contributed by atoms with Crippen LogP contribution in [0.4, 0.5) is 4.39 Å².